The quantitative estimate of drug-likeness (QED) is 0.752. The van der Waals surface area contributed by atoms with Gasteiger partial charge < -0.3 is 5.32 Å². The molecule has 0 saturated heterocycles. The van der Waals surface area contributed by atoms with Crippen LogP contribution in [-0.4, -0.2) is 14.3 Å². The molecule has 3 N–H and O–H groups in total. The molecular weight excluding hydrogens is 324 g/mol. The van der Waals surface area contributed by atoms with Crippen LogP contribution in [0, 0.1) is 0 Å². The van der Waals surface area contributed by atoms with Gasteiger partial charge in [0.15, 0.2) is 0 Å². The Morgan fingerprint density at radius 1 is 1.04 bits per heavy atom. The van der Waals surface area contributed by atoms with E-state index >= 15 is 0 Å². The summed E-state index contributed by atoms with van der Waals surface area (Å²) in [5, 5.41) is 8.11. The number of anilines is 1. The van der Waals surface area contributed by atoms with Gasteiger partial charge in [0.25, 0.3) is 0 Å². The molecule has 0 aliphatic heterocycles. The lowest BCUT2D eigenvalue weighted by Gasteiger charge is -2.09. The van der Waals surface area contributed by atoms with Crippen molar-refractivity contribution in [1.29, 1.82) is 0 Å². The van der Waals surface area contributed by atoms with E-state index in [0.717, 1.165) is 24.8 Å². The highest BCUT2D eigenvalue weighted by Crippen LogP contribution is 2.27. The summed E-state index contributed by atoms with van der Waals surface area (Å²) < 4.78 is 23.4. The lowest BCUT2D eigenvalue weighted by molar-refractivity contribution is -0.116. The molecule has 0 bridgehead atoms. The predicted molar refractivity (Wildman–Crippen MR) is 96.0 cm³/mol. The average Bonchev–Trinajstić information content (AvgIpc) is 2.55. The molecule has 0 saturated carbocycles. The number of benzene rings is 2. The second kappa shape index (κ2) is 8.08. The number of hydrogen-bond donors (Lipinski definition) is 2. The van der Waals surface area contributed by atoms with Crippen molar-refractivity contribution in [2.45, 2.75) is 37.5 Å². The molecule has 128 valence electrons. The Balaban J connectivity index is 2.15. The van der Waals surface area contributed by atoms with E-state index in [1.807, 2.05) is 0 Å². The largest absolute Gasteiger partial charge is 0.326 e. The Bertz CT molecular complexity index is 799. The third-order valence-corrected chi connectivity index (χ3v) is 4.65. The van der Waals surface area contributed by atoms with Crippen LogP contribution in [0.15, 0.2) is 53.4 Å². The van der Waals surface area contributed by atoms with Crippen molar-refractivity contribution in [3.63, 3.8) is 0 Å². The molecule has 0 spiro atoms. The van der Waals surface area contributed by atoms with Crippen molar-refractivity contribution in [1.82, 2.24) is 0 Å². The Morgan fingerprint density at radius 3 is 2.33 bits per heavy atom. The van der Waals surface area contributed by atoms with Gasteiger partial charge in [0.2, 0.25) is 15.9 Å². The first-order chi connectivity index (χ1) is 11.4. The van der Waals surface area contributed by atoms with Crippen molar-refractivity contribution in [3.8, 4) is 11.1 Å². The highest BCUT2D eigenvalue weighted by atomic mass is 32.2. The SMILES string of the molecule is CCCCCC(=O)Nc1ccc(-c2ccccc2S(N)(=O)=O)cc1. The number of nitrogens with two attached hydrogens (primary N) is 1. The van der Waals surface area contributed by atoms with Gasteiger partial charge in [0, 0.05) is 17.7 Å². The van der Waals surface area contributed by atoms with Gasteiger partial charge in [-0.25, -0.2) is 13.6 Å². The molecule has 2 aromatic carbocycles. The Kier molecular flexibility index (Phi) is 6.11. The van der Waals surface area contributed by atoms with Crippen LogP contribution in [0.5, 0.6) is 0 Å². The Labute approximate surface area is 142 Å². The molecule has 6 heteroatoms. The number of amides is 1. The molecule has 0 aromatic heterocycles. The molecule has 0 atom stereocenters. The van der Waals surface area contributed by atoms with Crippen molar-refractivity contribution in [2.24, 2.45) is 5.14 Å². The number of primary sulfonamides is 1. The smallest absolute Gasteiger partial charge is 0.238 e. The normalized spacial score (nSPS) is 11.2. The molecule has 1 amide bonds. The molecular formula is C18H22N2O3S. The van der Waals surface area contributed by atoms with Gasteiger partial charge in [-0.3, -0.25) is 4.79 Å². The number of carbonyl (C=O) groups is 1. The minimum Gasteiger partial charge on any atom is -0.326 e. The van der Waals surface area contributed by atoms with E-state index < -0.39 is 10.0 Å². The van der Waals surface area contributed by atoms with E-state index in [4.69, 9.17) is 5.14 Å². The number of carbonyl (C=O) groups excluding carboxylic acids is 1. The van der Waals surface area contributed by atoms with Crippen LogP contribution in [0.25, 0.3) is 11.1 Å². The molecule has 0 fully saturated rings. The first kappa shape index (κ1) is 18.2. The molecule has 2 aromatic rings. The summed E-state index contributed by atoms with van der Waals surface area (Å²) in [6.07, 6.45) is 3.49. The highest BCUT2D eigenvalue weighted by Gasteiger charge is 2.14. The molecule has 2 rings (SSSR count). The van der Waals surface area contributed by atoms with E-state index in [-0.39, 0.29) is 10.8 Å². The van der Waals surface area contributed by atoms with Gasteiger partial charge >= 0.3 is 0 Å². The van der Waals surface area contributed by atoms with Crippen molar-refractivity contribution in [2.75, 3.05) is 5.32 Å². The zero-order valence-corrected chi connectivity index (χ0v) is 14.5. The first-order valence-electron chi connectivity index (χ1n) is 7.94. The lowest BCUT2D eigenvalue weighted by atomic mass is 10.1. The van der Waals surface area contributed by atoms with Crippen molar-refractivity contribution >= 4 is 21.6 Å². The monoisotopic (exact) mass is 346 g/mol. The fourth-order valence-electron chi connectivity index (χ4n) is 2.45. The summed E-state index contributed by atoms with van der Waals surface area (Å²) in [4.78, 5) is 11.9. The number of unbranched alkanes of at least 4 members (excludes halogenated alkanes) is 2. The minimum absolute atomic E-state index is 0.0128. The van der Waals surface area contributed by atoms with Gasteiger partial charge in [-0.15, -0.1) is 0 Å². The Hall–Kier alpha value is -2.18. The summed E-state index contributed by atoms with van der Waals surface area (Å²) in [7, 11) is -3.79. The van der Waals surface area contributed by atoms with Crippen LogP contribution >= 0.6 is 0 Å². The molecule has 0 radical (unpaired) electrons. The molecule has 0 aliphatic rings. The maximum absolute atomic E-state index is 11.8. The third-order valence-electron chi connectivity index (χ3n) is 3.68. The van der Waals surface area contributed by atoms with Gasteiger partial charge in [-0.1, -0.05) is 50.1 Å². The van der Waals surface area contributed by atoms with Crippen LogP contribution in [0.4, 0.5) is 5.69 Å². The van der Waals surface area contributed by atoms with Gasteiger partial charge in [-0.05, 0) is 30.2 Å². The molecule has 5 nitrogen and oxygen atoms in total. The summed E-state index contributed by atoms with van der Waals surface area (Å²) >= 11 is 0. The van der Waals surface area contributed by atoms with E-state index in [9.17, 15) is 13.2 Å². The van der Waals surface area contributed by atoms with E-state index in [1.165, 1.54) is 6.07 Å². The van der Waals surface area contributed by atoms with Crippen molar-refractivity contribution in [3.05, 3.63) is 48.5 Å². The fourth-order valence-corrected chi connectivity index (χ4v) is 3.21. The van der Waals surface area contributed by atoms with Crippen molar-refractivity contribution < 1.29 is 13.2 Å². The summed E-state index contributed by atoms with van der Waals surface area (Å²) in [6, 6.07) is 13.6. The molecule has 24 heavy (non-hydrogen) atoms. The zero-order valence-electron chi connectivity index (χ0n) is 13.7. The number of nitrogens with one attached hydrogen (secondary N) is 1. The maximum atomic E-state index is 11.8. The third kappa shape index (κ3) is 4.91. The first-order valence-corrected chi connectivity index (χ1v) is 9.48. The van der Waals surface area contributed by atoms with Gasteiger partial charge in [-0.2, -0.15) is 0 Å². The topological polar surface area (TPSA) is 89.3 Å². The highest BCUT2D eigenvalue weighted by molar-refractivity contribution is 7.89. The van der Waals surface area contributed by atoms with E-state index in [2.05, 4.69) is 12.2 Å². The summed E-state index contributed by atoms with van der Waals surface area (Å²) in [5.74, 6) is -0.0128. The lowest BCUT2D eigenvalue weighted by Crippen LogP contribution is -2.13. The van der Waals surface area contributed by atoms with E-state index in [0.29, 0.717) is 17.7 Å². The standard InChI is InChI=1S/C18H22N2O3S/c1-2-3-4-9-18(21)20-15-12-10-14(11-13-15)16-7-5-6-8-17(16)24(19,22)23/h5-8,10-13H,2-4,9H2,1H3,(H,20,21)(H2,19,22,23). The minimum atomic E-state index is -3.79. The molecule has 0 unspecified atom stereocenters. The van der Waals surface area contributed by atoms with Crippen LogP contribution in [0.2, 0.25) is 0 Å². The summed E-state index contributed by atoms with van der Waals surface area (Å²) in [6.45, 7) is 2.09. The summed E-state index contributed by atoms with van der Waals surface area (Å²) in [5.41, 5.74) is 1.96. The number of rotatable bonds is 7. The Morgan fingerprint density at radius 2 is 1.71 bits per heavy atom. The predicted octanol–water partition coefficient (Wildman–Crippen LogP) is 3.52. The van der Waals surface area contributed by atoms with Gasteiger partial charge in [0.05, 0.1) is 4.90 Å². The average molecular weight is 346 g/mol. The zero-order chi connectivity index (χ0) is 17.6. The van der Waals surface area contributed by atoms with Crippen LogP contribution in [0.1, 0.15) is 32.6 Å². The fraction of sp³-hybridized carbons (Fsp3) is 0.278. The van der Waals surface area contributed by atoms with Crippen LogP contribution in [0.3, 0.4) is 0 Å². The van der Waals surface area contributed by atoms with Gasteiger partial charge in [0.1, 0.15) is 0 Å². The van der Waals surface area contributed by atoms with Crippen LogP contribution < -0.4 is 10.5 Å². The molecule has 0 aliphatic carbocycles. The number of hydrogen-bond acceptors (Lipinski definition) is 3. The second-order valence-electron chi connectivity index (χ2n) is 5.62. The number of sulfonamides is 1. The maximum Gasteiger partial charge on any atom is 0.238 e. The van der Waals surface area contributed by atoms with Crippen LogP contribution in [-0.2, 0) is 14.8 Å². The molecule has 0 heterocycles. The second-order valence-corrected chi connectivity index (χ2v) is 7.15. The van der Waals surface area contributed by atoms with E-state index in [1.54, 1.807) is 42.5 Å².